The van der Waals surface area contributed by atoms with Gasteiger partial charge in [-0.1, -0.05) is 18.2 Å². The lowest BCUT2D eigenvalue weighted by Crippen LogP contribution is -2.33. The monoisotopic (exact) mass is 227 g/mol. The van der Waals surface area contributed by atoms with E-state index in [0.717, 1.165) is 17.7 Å². The Labute approximate surface area is 89.1 Å². The number of ether oxygens (including phenoxy) is 1. The summed E-state index contributed by atoms with van der Waals surface area (Å²) in [5, 5.41) is 4.98. The third kappa shape index (κ3) is 2.70. The number of para-hydroxylation sites is 1. The Morgan fingerprint density at radius 2 is 2.13 bits per heavy atom. The highest BCUT2D eigenvalue weighted by Gasteiger charge is 2.22. The number of nitrogens with two attached hydrogens (primary N) is 1. The van der Waals surface area contributed by atoms with Crippen LogP contribution in [0, 0.1) is 0 Å². The third-order valence-corrected chi connectivity index (χ3v) is 3.26. The van der Waals surface area contributed by atoms with Crippen LogP contribution in [0.15, 0.2) is 24.3 Å². The van der Waals surface area contributed by atoms with Gasteiger partial charge in [0.15, 0.2) is 0 Å². The Morgan fingerprint density at radius 1 is 1.40 bits per heavy atom. The minimum atomic E-state index is -3.45. The highest BCUT2D eigenvalue weighted by atomic mass is 32.2. The van der Waals surface area contributed by atoms with E-state index in [-0.39, 0.29) is 11.9 Å². The molecule has 1 aliphatic rings. The van der Waals surface area contributed by atoms with E-state index < -0.39 is 10.0 Å². The second-order valence-electron chi connectivity index (χ2n) is 3.72. The van der Waals surface area contributed by atoms with Crippen LogP contribution < -0.4 is 9.88 Å². The summed E-state index contributed by atoms with van der Waals surface area (Å²) in [6.45, 7) is 0. The van der Waals surface area contributed by atoms with Gasteiger partial charge in [-0.2, -0.15) is 0 Å². The van der Waals surface area contributed by atoms with E-state index in [4.69, 9.17) is 9.88 Å². The van der Waals surface area contributed by atoms with E-state index in [2.05, 4.69) is 0 Å². The van der Waals surface area contributed by atoms with Crippen molar-refractivity contribution in [1.82, 2.24) is 0 Å². The van der Waals surface area contributed by atoms with Gasteiger partial charge in [0.1, 0.15) is 17.6 Å². The van der Waals surface area contributed by atoms with Crippen molar-refractivity contribution in [3.8, 4) is 5.75 Å². The normalized spacial score (nSPS) is 20.5. The fraction of sp³-hybridized carbons (Fsp3) is 0.400. The van der Waals surface area contributed by atoms with Gasteiger partial charge < -0.3 is 4.74 Å². The van der Waals surface area contributed by atoms with Crippen molar-refractivity contribution in [2.45, 2.75) is 18.9 Å². The number of hydrogen-bond donors (Lipinski definition) is 1. The Hall–Kier alpha value is -1.07. The molecule has 0 aliphatic carbocycles. The quantitative estimate of drug-likeness (QED) is 0.807. The zero-order valence-corrected chi connectivity index (χ0v) is 9.03. The SMILES string of the molecule is NS(=O)(=O)CC1CCc2ccccc2O1. The number of benzene rings is 1. The Balaban J connectivity index is 2.12. The van der Waals surface area contributed by atoms with Crippen LogP contribution in [0.4, 0.5) is 0 Å². The molecule has 1 aliphatic heterocycles. The smallest absolute Gasteiger partial charge is 0.212 e. The van der Waals surface area contributed by atoms with Crippen LogP contribution in [0.25, 0.3) is 0 Å². The number of fused-ring (bicyclic) bond motifs is 1. The Morgan fingerprint density at radius 3 is 2.87 bits per heavy atom. The molecule has 1 unspecified atom stereocenters. The lowest BCUT2D eigenvalue weighted by Gasteiger charge is -2.25. The molecule has 1 heterocycles. The Bertz CT molecular complexity index is 455. The summed E-state index contributed by atoms with van der Waals surface area (Å²) in [5.74, 6) is 0.666. The van der Waals surface area contributed by atoms with Gasteiger partial charge >= 0.3 is 0 Å². The summed E-state index contributed by atoms with van der Waals surface area (Å²) >= 11 is 0. The van der Waals surface area contributed by atoms with E-state index in [9.17, 15) is 8.42 Å². The van der Waals surface area contributed by atoms with E-state index >= 15 is 0 Å². The molecule has 1 aromatic rings. The summed E-state index contributed by atoms with van der Waals surface area (Å²) in [6, 6.07) is 7.66. The first-order valence-corrected chi connectivity index (χ1v) is 6.51. The van der Waals surface area contributed by atoms with Gasteiger partial charge in [0.2, 0.25) is 10.0 Å². The van der Waals surface area contributed by atoms with Crippen LogP contribution in [-0.2, 0) is 16.4 Å². The summed E-state index contributed by atoms with van der Waals surface area (Å²) < 4.78 is 27.4. The number of aryl methyl sites for hydroxylation is 1. The predicted molar refractivity (Wildman–Crippen MR) is 57.2 cm³/mol. The molecule has 1 atom stereocenters. The van der Waals surface area contributed by atoms with Crippen LogP contribution in [0.5, 0.6) is 5.75 Å². The Kier molecular flexibility index (Phi) is 2.67. The van der Waals surface area contributed by atoms with Gasteiger partial charge in [-0.3, -0.25) is 0 Å². The van der Waals surface area contributed by atoms with E-state index in [1.807, 2.05) is 24.3 Å². The fourth-order valence-corrected chi connectivity index (χ4v) is 2.51. The lowest BCUT2D eigenvalue weighted by molar-refractivity contribution is 0.194. The minimum absolute atomic E-state index is 0.110. The van der Waals surface area contributed by atoms with Crippen LogP contribution in [0.1, 0.15) is 12.0 Å². The van der Waals surface area contributed by atoms with Crippen LogP contribution >= 0.6 is 0 Å². The number of sulfonamides is 1. The summed E-state index contributed by atoms with van der Waals surface area (Å²) in [4.78, 5) is 0. The summed E-state index contributed by atoms with van der Waals surface area (Å²) in [6.07, 6.45) is 1.24. The fourth-order valence-electron chi connectivity index (χ4n) is 1.76. The second kappa shape index (κ2) is 3.83. The first kappa shape index (κ1) is 10.4. The molecule has 15 heavy (non-hydrogen) atoms. The molecule has 2 N–H and O–H groups in total. The van der Waals surface area contributed by atoms with Crippen molar-refractivity contribution < 1.29 is 13.2 Å². The minimum Gasteiger partial charge on any atom is -0.489 e. The molecular formula is C10H13NO3S. The first-order chi connectivity index (χ1) is 7.04. The van der Waals surface area contributed by atoms with Gasteiger partial charge in [0.05, 0.1) is 0 Å². The number of rotatable bonds is 2. The van der Waals surface area contributed by atoms with Crippen molar-refractivity contribution in [2.75, 3.05) is 5.75 Å². The van der Waals surface area contributed by atoms with Gasteiger partial charge in [-0.05, 0) is 24.5 Å². The van der Waals surface area contributed by atoms with Crippen molar-refractivity contribution in [3.63, 3.8) is 0 Å². The molecule has 5 heteroatoms. The van der Waals surface area contributed by atoms with Gasteiger partial charge in [0, 0.05) is 0 Å². The van der Waals surface area contributed by atoms with Crippen molar-refractivity contribution >= 4 is 10.0 Å². The molecule has 1 aromatic carbocycles. The highest BCUT2D eigenvalue weighted by molar-refractivity contribution is 7.89. The maximum absolute atomic E-state index is 10.9. The average molecular weight is 227 g/mol. The average Bonchev–Trinajstić information content (AvgIpc) is 2.15. The summed E-state index contributed by atoms with van der Waals surface area (Å²) in [7, 11) is -3.45. The van der Waals surface area contributed by atoms with Gasteiger partial charge in [-0.25, -0.2) is 13.6 Å². The van der Waals surface area contributed by atoms with Gasteiger partial charge in [0.25, 0.3) is 0 Å². The molecule has 4 nitrogen and oxygen atoms in total. The van der Waals surface area contributed by atoms with Crippen molar-refractivity contribution in [2.24, 2.45) is 5.14 Å². The molecule has 0 aromatic heterocycles. The van der Waals surface area contributed by atoms with E-state index in [1.165, 1.54) is 0 Å². The van der Waals surface area contributed by atoms with E-state index in [1.54, 1.807) is 0 Å². The topological polar surface area (TPSA) is 69.4 Å². The molecule has 82 valence electrons. The maximum atomic E-state index is 10.9. The summed E-state index contributed by atoms with van der Waals surface area (Å²) in [5.41, 5.74) is 1.13. The standard InChI is InChI=1S/C10H13NO3S/c11-15(12,13)7-9-6-5-8-3-1-2-4-10(8)14-9/h1-4,9H,5-7H2,(H2,11,12,13). The van der Waals surface area contributed by atoms with Crippen molar-refractivity contribution in [1.29, 1.82) is 0 Å². The van der Waals surface area contributed by atoms with Crippen molar-refractivity contribution in [3.05, 3.63) is 29.8 Å². The molecular weight excluding hydrogens is 214 g/mol. The molecule has 0 radical (unpaired) electrons. The second-order valence-corrected chi connectivity index (χ2v) is 5.37. The largest absolute Gasteiger partial charge is 0.489 e. The number of primary sulfonamides is 1. The predicted octanol–water partition coefficient (Wildman–Crippen LogP) is 0.669. The van der Waals surface area contributed by atoms with Crippen LogP contribution in [0.3, 0.4) is 0 Å². The third-order valence-electron chi connectivity index (χ3n) is 2.42. The van der Waals surface area contributed by atoms with Crippen LogP contribution in [0.2, 0.25) is 0 Å². The zero-order valence-electron chi connectivity index (χ0n) is 8.22. The maximum Gasteiger partial charge on any atom is 0.212 e. The molecule has 0 fully saturated rings. The number of hydrogen-bond acceptors (Lipinski definition) is 3. The lowest BCUT2D eigenvalue weighted by atomic mass is 10.0. The molecule has 2 rings (SSSR count). The van der Waals surface area contributed by atoms with Gasteiger partial charge in [-0.15, -0.1) is 0 Å². The molecule has 0 spiro atoms. The zero-order chi connectivity index (χ0) is 10.9. The van der Waals surface area contributed by atoms with Crippen LogP contribution in [-0.4, -0.2) is 20.3 Å². The first-order valence-electron chi connectivity index (χ1n) is 4.79. The molecule has 0 saturated heterocycles. The highest BCUT2D eigenvalue weighted by Crippen LogP contribution is 2.27. The molecule has 0 amide bonds. The molecule has 0 saturated carbocycles. The van der Waals surface area contributed by atoms with E-state index in [0.29, 0.717) is 6.42 Å². The molecule has 0 bridgehead atoms.